The topological polar surface area (TPSA) is 163 Å². The van der Waals surface area contributed by atoms with Crippen molar-refractivity contribution in [3.05, 3.63) is 65.2 Å². The first-order chi connectivity index (χ1) is 18.2. The molecule has 2 atom stereocenters. The number of rotatable bonds is 7. The molecule has 2 aromatic rings. The second-order valence-corrected chi connectivity index (χ2v) is 10.3. The Hall–Kier alpha value is -4.25. The molecule has 1 aliphatic heterocycles. The van der Waals surface area contributed by atoms with Crippen molar-refractivity contribution in [2.24, 2.45) is 5.92 Å². The third-order valence-corrected chi connectivity index (χ3v) is 5.42. The van der Waals surface area contributed by atoms with Gasteiger partial charge in [0.05, 0.1) is 17.7 Å². The molecule has 0 bridgehead atoms. The molecule has 1 unspecified atom stereocenters. The predicted octanol–water partition coefficient (Wildman–Crippen LogP) is 3.48. The Morgan fingerprint density at radius 1 is 0.897 bits per heavy atom. The van der Waals surface area contributed by atoms with E-state index in [4.69, 9.17) is 9.84 Å². The normalized spacial score (nSPS) is 13.7. The van der Waals surface area contributed by atoms with Gasteiger partial charge in [0.15, 0.2) is 0 Å². The van der Waals surface area contributed by atoms with E-state index in [9.17, 15) is 24.0 Å². The maximum atomic E-state index is 12.5. The largest absolute Gasteiger partial charge is 0.444 e. The first-order valence-corrected chi connectivity index (χ1v) is 12.5. The lowest BCUT2D eigenvalue weighted by molar-refractivity contribution is -0.128. The molecule has 1 aliphatic rings. The molecule has 1 heterocycles. The van der Waals surface area contributed by atoms with Crippen LogP contribution in [-0.2, 0) is 20.9 Å². The SMILES string of the molecule is CC(C)C(NC(=O)OC(C)(C)C)C(=O)N[C@H](C)C(=O)Nc1ccc(CO)cc1.O=C1NC(=O)c2ccccc21.[HH].[HH].[HH]. The number of carbonyl (C=O) groups excluding carboxylic acids is 5. The fraction of sp³-hybridized carbons (Fsp3) is 0.393. The highest BCUT2D eigenvalue weighted by Gasteiger charge is 2.29. The number of alkyl carbamates (subject to hydrolysis) is 1. The van der Waals surface area contributed by atoms with E-state index in [2.05, 4.69) is 21.3 Å². The number of benzene rings is 2. The average Bonchev–Trinajstić information content (AvgIpc) is 3.15. The third-order valence-electron chi connectivity index (χ3n) is 5.42. The first-order valence-electron chi connectivity index (χ1n) is 12.5. The van der Waals surface area contributed by atoms with Crippen LogP contribution in [0.3, 0.4) is 0 Å². The number of ether oxygens (including phenoxy) is 1. The maximum Gasteiger partial charge on any atom is 0.408 e. The number of hydrogen-bond donors (Lipinski definition) is 5. The van der Waals surface area contributed by atoms with Gasteiger partial charge < -0.3 is 25.8 Å². The smallest absolute Gasteiger partial charge is 0.408 e. The highest BCUT2D eigenvalue weighted by molar-refractivity contribution is 6.21. The number of imide groups is 1. The molecule has 0 spiro atoms. The molecule has 216 valence electrons. The van der Waals surface area contributed by atoms with E-state index in [-0.39, 0.29) is 28.6 Å². The molecule has 0 aliphatic carbocycles. The number of aliphatic hydroxyl groups is 1. The van der Waals surface area contributed by atoms with Gasteiger partial charge in [-0.05, 0) is 63.4 Å². The number of hydrogen-bond acceptors (Lipinski definition) is 7. The summed E-state index contributed by atoms with van der Waals surface area (Å²) in [6.07, 6.45) is -0.692. The van der Waals surface area contributed by atoms with Crippen molar-refractivity contribution >= 4 is 35.4 Å². The van der Waals surface area contributed by atoms with Crippen LogP contribution in [0.25, 0.3) is 0 Å². The molecule has 0 radical (unpaired) electrons. The molecule has 5 N–H and O–H groups in total. The van der Waals surface area contributed by atoms with Crippen LogP contribution in [0.15, 0.2) is 48.5 Å². The molecule has 0 saturated carbocycles. The summed E-state index contributed by atoms with van der Waals surface area (Å²) in [5.74, 6) is -1.67. The number of carbonyl (C=O) groups is 5. The summed E-state index contributed by atoms with van der Waals surface area (Å²) in [6, 6.07) is 11.8. The van der Waals surface area contributed by atoms with E-state index in [1.165, 1.54) is 0 Å². The van der Waals surface area contributed by atoms with Gasteiger partial charge in [-0.3, -0.25) is 24.5 Å². The van der Waals surface area contributed by atoms with E-state index in [1.54, 1.807) is 90.1 Å². The zero-order valence-corrected chi connectivity index (χ0v) is 23.0. The van der Waals surface area contributed by atoms with Crippen LogP contribution >= 0.6 is 0 Å². The molecule has 39 heavy (non-hydrogen) atoms. The number of anilines is 1. The van der Waals surface area contributed by atoms with E-state index >= 15 is 0 Å². The van der Waals surface area contributed by atoms with Crippen LogP contribution in [0.2, 0.25) is 0 Å². The van der Waals surface area contributed by atoms with Crippen molar-refractivity contribution in [1.82, 2.24) is 16.0 Å². The molecule has 11 heteroatoms. The average molecular weight is 547 g/mol. The van der Waals surface area contributed by atoms with E-state index < -0.39 is 35.6 Å². The highest BCUT2D eigenvalue weighted by atomic mass is 16.6. The van der Waals surface area contributed by atoms with Gasteiger partial charge in [0, 0.05) is 9.97 Å². The summed E-state index contributed by atoms with van der Waals surface area (Å²) in [5, 5.41) is 19.1. The predicted molar refractivity (Wildman–Crippen MR) is 151 cm³/mol. The van der Waals surface area contributed by atoms with Gasteiger partial charge >= 0.3 is 6.09 Å². The van der Waals surface area contributed by atoms with Crippen LogP contribution in [-0.4, -0.2) is 52.5 Å². The van der Waals surface area contributed by atoms with Gasteiger partial charge in [-0.1, -0.05) is 38.1 Å². The Morgan fingerprint density at radius 3 is 1.90 bits per heavy atom. The number of amides is 5. The molecule has 0 fully saturated rings. The van der Waals surface area contributed by atoms with Gasteiger partial charge in [0.1, 0.15) is 17.7 Å². The fourth-order valence-electron chi connectivity index (χ4n) is 3.40. The van der Waals surface area contributed by atoms with E-state index in [0.717, 1.165) is 5.56 Å². The van der Waals surface area contributed by atoms with Crippen LogP contribution in [0.1, 0.15) is 72.1 Å². The lowest BCUT2D eigenvalue weighted by Gasteiger charge is -2.26. The molecule has 2 aromatic carbocycles. The van der Waals surface area contributed by atoms with Crippen molar-refractivity contribution in [2.45, 2.75) is 65.8 Å². The fourth-order valence-corrected chi connectivity index (χ4v) is 3.40. The van der Waals surface area contributed by atoms with Crippen molar-refractivity contribution < 1.29 is 38.1 Å². The molecule has 0 aromatic heterocycles. The Morgan fingerprint density at radius 2 is 1.44 bits per heavy atom. The number of nitrogens with one attached hydrogen (secondary N) is 4. The summed E-state index contributed by atoms with van der Waals surface area (Å²) in [5.41, 5.74) is 1.54. The highest BCUT2D eigenvalue weighted by Crippen LogP contribution is 2.14. The monoisotopic (exact) mass is 546 g/mol. The molecular weight excluding hydrogens is 504 g/mol. The maximum absolute atomic E-state index is 12.5. The van der Waals surface area contributed by atoms with E-state index in [1.807, 2.05) is 0 Å². The Bertz CT molecular complexity index is 1190. The lowest BCUT2D eigenvalue weighted by Crippen LogP contribution is -2.54. The van der Waals surface area contributed by atoms with E-state index in [0.29, 0.717) is 16.8 Å². The van der Waals surface area contributed by atoms with Gasteiger partial charge in [-0.2, -0.15) is 0 Å². The van der Waals surface area contributed by atoms with Crippen LogP contribution in [0.5, 0.6) is 0 Å². The van der Waals surface area contributed by atoms with Crippen LogP contribution in [0.4, 0.5) is 10.5 Å². The molecule has 3 rings (SSSR count). The van der Waals surface area contributed by atoms with Crippen LogP contribution in [0, 0.1) is 5.92 Å². The molecule has 0 saturated heterocycles. The minimum Gasteiger partial charge on any atom is -0.444 e. The van der Waals surface area contributed by atoms with Crippen molar-refractivity contribution in [3.8, 4) is 0 Å². The first kappa shape index (κ1) is 31.0. The third kappa shape index (κ3) is 9.53. The standard InChI is InChI=1S/C20H31N3O5.C8H5NO2.3H2/c1-12(2)16(23-19(27)28-20(4,5)6)18(26)21-13(3)17(25)22-15-9-7-14(11-24)8-10-15;10-7-5-3-1-2-4-6(5)8(11)9-7;;;/h7-10,12-13,16,24H,11H2,1-6H3,(H,21,26)(H,22,25)(H,23,27);1-4H,(H,9,10,11);3*1H/t13-,16?;;;;/m1..../s1. The van der Waals surface area contributed by atoms with Gasteiger partial charge in [0.2, 0.25) is 11.8 Å². The summed E-state index contributed by atoms with van der Waals surface area (Å²) in [4.78, 5) is 58.7. The minimum atomic E-state index is -0.839. The summed E-state index contributed by atoms with van der Waals surface area (Å²) < 4.78 is 5.19. The van der Waals surface area contributed by atoms with Crippen molar-refractivity contribution in [1.29, 1.82) is 0 Å². The second-order valence-electron chi connectivity index (χ2n) is 10.3. The molecule has 5 amide bonds. The molecule has 11 nitrogen and oxygen atoms in total. The summed E-state index contributed by atoms with van der Waals surface area (Å²) in [7, 11) is 0. The van der Waals surface area contributed by atoms with Gasteiger partial charge in [-0.25, -0.2) is 4.79 Å². The minimum absolute atomic E-state index is 0. The van der Waals surface area contributed by atoms with Gasteiger partial charge in [0.25, 0.3) is 11.8 Å². The zero-order chi connectivity index (χ0) is 29.3. The molecular formula is C28H42N4O7. The lowest BCUT2D eigenvalue weighted by atomic mass is 10.0. The summed E-state index contributed by atoms with van der Waals surface area (Å²) in [6.45, 7) is 10.2. The quantitative estimate of drug-likeness (QED) is 0.332. The van der Waals surface area contributed by atoms with Gasteiger partial charge in [-0.15, -0.1) is 0 Å². The summed E-state index contributed by atoms with van der Waals surface area (Å²) >= 11 is 0. The Kier molecular flexibility index (Phi) is 10.7. The Balaban J connectivity index is 0. The number of aliphatic hydroxyl groups excluding tert-OH is 1. The Labute approximate surface area is 232 Å². The second kappa shape index (κ2) is 13.5. The zero-order valence-electron chi connectivity index (χ0n) is 23.0. The van der Waals surface area contributed by atoms with Crippen molar-refractivity contribution in [3.63, 3.8) is 0 Å². The van der Waals surface area contributed by atoms with Crippen LogP contribution < -0.4 is 21.3 Å². The number of fused-ring (bicyclic) bond motifs is 1. The van der Waals surface area contributed by atoms with Crippen molar-refractivity contribution in [2.75, 3.05) is 5.32 Å².